The molecule has 0 fully saturated rings. The summed E-state index contributed by atoms with van der Waals surface area (Å²) in [6, 6.07) is 2.04. The van der Waals surface area contributed by atoms with Crippen LogP contribution in [-0.4, -0.2) is 13.0 Å². The average Bonchev–Trinajstić information content (AvgIpc) is 2.15. The van der Waals surface area contributed by atoms with Crippen LogP contribution in [0.5, 0.6) is 5.75 Å². The van der Waals surface area contributed by atoms with E-state index in [2.05, 4.69) is 4.74 Å². The lowest BCUT2D eigenvalue weighted by Gasteiger charge is -2.03. The Labute approximate surface area is 85.1 Å². The topological polar surface area (TPSA) is 52.3 Å². The predicted octanol–water partition coefficient (Wildman–Crippen LogP) is 1.47. The minimum Gasteiger partial charge on any atom is -0.497 e. The second-order valence-corrected chi connectivity index (χ2v) is 2.74. The van der Waals surface area contributed by atoms with Crippen molar-refractivity contribution in [1.82, 2.24) is 0 Å². The van der Waals surface area contributed by atoms with Gasteiger partial charge in [0.2, 0.25) is 5.91 Å². The summed E-state index contributed by atoms with van der Waals surface area (Å²) in [5.74, 6) is -2.33. The van der Waals surface area contributed by atoms with Crippen LogP contribution in [0.25, 0.3) is 6.08 Å². The maximum atomic E-state index is 13.2. The fraction of sp³-hybridized carbons (Fsp3) is 0.100. The lowest BCUT2D eigenvalue weighted by Crippen LogP contribution is -2.05. The molecule has 0 aliphatic heterocycles. The Morgan fingerprint density at radius 3 is 2.33 bits per heavy atom. The second-order valence-electron chi connectivity index (χ2n) is 2.74. The van der Waals surface area contributed by atoms with E-state index in [1.165, 1.54) is 7.11 Å². The summed E-state index contributed by atoms with van der Waals surface area (Å²) >= 11 is 0. The number of amides is 1. The molecule has 0 bridgehead atoms. The van der Waals surface area contributed by atoms with Crippen molar-refractivity contribution >= 4 is 12.0 Å². The first-order chi connectivity index (χ1) is 7.04. The fourth-order valence-corrected chi connectivity index (χ4v) is 1.00. The Morgan fingerprint density at radius 1 is 1.40 bits per heavy atom. The van der Waals surface area contributed by atoms with Gasteiger partial charge in [0, 0.05) is 23.8 Å². The Balaban J connectivity index is 3.14. The predicted molar refractivity (Wildman–Crippen MR) is 51.1 cm³/mol. The third-order valence-electron chi connectivity index (χ3n) is 1.70. The lowest BCUT2D eigenvalue weighted by atomic mass is 10.1. The van der Waals surface area contributed by atoms with E-state index in [1.807, 2.05) is 0 Å². The molecule has 5 heteroatoms. The van der Waals surface area contributed by atoms with Crippen molar-refractivity contribution in [1.29, 1.82) is 0 Å². The zero-order valence-corrected chi connectivity index (χ0v) is 7.96. The number of rotatable bonds is 3. The lowest BCUT2D eigenvalue weighted by molar-refractivity contribution is -0.113. The van der Waals surface area contributed by atoms with Gasteiger partial charge in [0.15, 0.2) is 0 Å². The van der Waals surface area contributed by atoms with E-state index in [-0.39, 0.29) is 11.3 Å². The highest BCUT2D eigenvalue weighted by molar-refractivity contribution is 5.90. The quantitative estimate of drug-likeness (QED) is 0.773. The molecule has 0 saturated carbocycles. The molecular formula is C10H9F2NO2. The first-order valence-corrected chi connectivity index (χ1v) is 4.05. The molecule has 1 aromatic carbocycles. The molecule has 0 saturated heterocycles. The van der Waals surface area contributed by atoms with Gasteiger partial charge in [-0.1, -0.05) is 0 Å². The molecule has 1 amide bonds. The van der Waals surface area contributed by atoms with Crippen LogP contribution in [0, 0.1) is 11.6 Å². The summed E-state index contributed by atoms with van der Waals surface area (Å²) in [5, 5.41) is 0. The molecule has 0 unspecified atom stereocenters. The molecule has 15 heavy (non-hydrogen) atoms. The summed E-state index contributed by atoms with van der Waals surface area (Å²) in [7, 11) is 1.30. The van der Waals surface area contributed by atoms with E-state index >= 15 is 0 Å². The number of primary amides is 1. The summed E-state index contributed by atoms with van der Waals surface area (Å²) in [5.41, 5.74) is 4.48. The van der Waals surface area contributed by atoms with Gasteiger partial charge in [0.1, 0.15) is 17.4 Å². The van der Waals surface area contributed by atoms with Crippen molar-refractivity contribution in [2.75, 3.05) is 7.11 Å². The molecule has 80 valence electrons. The number of carbonyl (C=O) groups is 1. The monoisotopic (exact) mass is 213 g/mol. The summed E-state index contributed by atoms with van der Waals surface area (Å²) in [6.45, 7) is 0. The third kappa shape index (κ3) is 2.77. The molecule has 2 N–H and O–H groups in total. The van der Waals surface area contributed by atoms with E-state index in [4.69, 9.17) is 5.73 Å². The number of carbonyl (C=O) groups excluding carboxylic acids is 1. The Hall–Kier alpha value is -1.91. The zero-order valence-electron chi connectivity index (χ0n) is 7.96. The number of methoxy groups -OCH3 is 1. The highest BCUT2D eigenvalue weighted by atomic mass is 19.1. The molecular weight excluding hydrogens is 204 g/mol. The molecule has 0 atom stereocenters. The van der Waals surface area contributed by atoms with Gasteiger partial charge in [0.25, 0.3) is 0 Å². The third-order valence-corrected chi connectivity index (χ3v) is 1.70. The number of hydrogen-bond donors (Lipinski definition) is 1. The second kappa shape index (κ2) is 4.54. The SMILES string of the molecule is COc1cc(F)c(C=CC(N)=O)c(F)c1. The number of halogens is 2. The van der Waals surface area contributed by atoms with Gasteiger partial charge in [-0.3, -0.25) is 4.79 Å². The van der Waals surface area contributed by atoms with Gasteiger partial charge in [-0.05, 0) is 6.08 Å². The van der Waals surface area contributed by atoms with Gasteiger partial charge in [-0.15, -0.1) is 0 Å². The first-order valence-electron chi connectivity index (χ1n) is 4.05. The van der Waals surface area contributed by atoms with Crippen molar-refractivity contribution in [2.45, 2.75) is 0 Å². The maximum Gasteiger partial charge on any atom is 0.241 e. The summed E-state index contributed by atoms with van der Waals surface area (Å²) in [4.78, 5) is 10.4. The number of nitrogens with two attached hydrogens (primary N) is 1. The number of benzene rings is 1. The molecule has 0 aliphatic rings. The smallest absolute Gasteiger partial charge is 0.241 e. The number of ether oxygens (including phenoxy) is 1. The van der Waals surface area contributed by atoms with Crippen LogP contribution in [0.2, 0.25) is 0 Å². The minimum atomic E-state index is -0.815. The molecule has 0 radical (unpaired) electrons. The van der Waals surface area contributed by atoms with Crippen LogP contribution >= 0.6 is 0 Å². The average molecular weight is 213 g/mol. The van der Waals surface area contributed by atoms with Crippen LogP contribution in [0.15, 0.2) is 18.2 Å². The van der Waals surface area contributed by atoms with Crippen molar-refractivity contribution in [3.63, 3.8) is 0 Å². The van der Waals surface area contributed by atoms with Gasteiger partial charge >= 0.3 is 0 Å². The van der Waals surface area contributed by atoms with Crippen molar-refractivity contribution in [2.24, 2.45) is 5.73 Å². The Bertz CT molecular complexity index is 393. The van der Waals surface area contributed by atoms with Crippen LogP contribution in [-0.2, 0) is 4.79 Å². The van der Waals surface area contributed by atoms with E-state index < -0.39 is 17.5 Å². The van der Waals surface area contributed by atoms with Crippen molar-refractivity contribution in [3.05, 3.63) is 35.4 Å². The first kappa shape index (κ1) is 11.2. The minimum absolute atomic E-state index is 0.0706. The normalized spacial score (nSPS) is 10.6. The van der Waals surface area contributed by atoms with E-state index in [0.717, 1.165) is 24.3 Å². The van der Waals surface area contributed by atoms with Crippen molar-refractivity contribution < 1.29 is 18.3 Å². The highest BCUT2D eigenvalue weighted by Gasteiger charge is 2.08. The number of hydrogen-bond acceptors (Lipinski definition) is 2. The van der Waals surface area contributed by atoms with Crippen LogP contribution in [0.3, 0.4) is 0 Å². The highest BCUT2D eigenvalue weighted by Crippen LogP contribution is 2.21. The molecule has 3 nitrogen and oxygen atoms in total. The molecule has 0 aliphatic carbocycles. The molecule has 0 spiro atoms. The van der Waals surface area contributed by atoms with Gasteiger partial charge in [-0.25, -0.2) is 8.78 Å². The summed E-state index contributed by atoms with van der Waals surface area (Å²) < 4.78 is 31.1. The van der Waals surface area contributed by atoms with Gasteiger partial charge < -0.3 is 10.5 Å². The maximum absolute atomic E-state index is 13.2. The Kier molecular flexibility index (Phi) is 3.38. The molecule has 1 aromatic rings. The molecule has 1 rings (SSSR count). The van der Waals surface area contributed by atoms with E-state index in [0.29, 0.717) is 0 Å². The van der Waals surface area contributed by atoms with Crippen LogP contribution in [0.1, 0.15) is 5.56 Å². The largest absolute Gasteiger partial charge is 0.497 e. The van der Waals surface area contributed by atoms with E-state index in [1.54, 1.807) is 0 Å². The van der Waals surface area contributed by atoms with Crippen LogP contribution in [0.4, 0.5) is 8.78 Å². The standard InChI is InChI=1S/C10H9F2NO2/c1-15-6-4-8(11)7(9(12)5-6)2-3-10(13)14/h2-5H,1H3,(H2,13,14). The van der Waals surface area contributed by atoms with Crippen molar-refractivity contribution in [3.8, 4) is 5.75 Å². The summed E-state index contributed by atoms with van der Waals surface area (Å²) in [6.07, 6.45) is 1.86. The zero-order chi connectivity index (χ0) is 11.4. The molecule has 0 heterocycles. The fourth-order valence-electron chi connectivity index (χ4n) is 1.00. The molecule has 0 aromatic heterocycles. The van der Waals surface area contributed by atoms with Crippen LogP contribution < -0.4 is 10.5 Å². The van der Waals surface area contributed by atoms with Gasteiger partial charge in [0.05, 0.1) is 7.11 Å². The van der Waals surface area contributed by atoms with E-state index in [9.17, 15) is 13.6 Å². The van der Waals surface area contributed by atoms with Gasteiger partial charge in [-0.2, -0.15) is 0 Å². The Morgan fingerprint density at radius 2 is 1.93 bits per heavy atom.